The number of nitrogens with two attached hydrogens (primary N) is 1. The molecular formula is C26H25F2IN4O3. The maximum atomic E-state index is 14.5. The Hall–Kier alpha value is -3.25. The largest absolute Gasteiger partial charge is 0.456 e. The first kappa shape index (κ1) is 25.8. The zero-order valence-electron chi connectivity index (χ0n) is 19.5. The number of nitrogens with zero attached hydrogens (tertiary/aromatic N) is 1. The topological polar surface area (TPSA) is 96.7 Å². The van der Waals surface area contributed by atoms with Gasteiger partial charge in [-0.05, 0) is 92.0 Å². The van der Waals surface area contributed by atoms with Crippen LogP contribution in [0.3, 0.4) is 0 Å². The molecule has 3 aromatic carbocycles. The van der Waals surface area contributed by atoms with Gasteiger partial charge in [0.05, 0.1) is 11.4 Å². The predicted molar refractivity (Wildman–Crippen MR) is 143 cm³/mol. The summed E-state index contributed by atoms with van der Waals surface area (Å²) in [6, 6.07) is 13.1. The molecule has 36 heavy (non-hydrogen) atoms. The lowest BCUT2D eigenvalue weighted by atomic mass is 9.96. The number of carbonyl (C=O) groups is 2. The van der Waals surface area contributed by atoms with Gasteiger partial charge in [0.15, 0.2) is 0 Å². The lowest BCUT2D eigenvalue weighted by molar-refractivity contribution is -0.121. The van der Waals surface area contributed by atoms with E-state index in [0.29, 0.717) is 9.26 Å². The summed E-state index contributed by atoms with van der Waals surface area (Å²) in [4.78, 5) is 27.2. The van der Waals surface area contributed by atoms with E-state index in [1.54, 1.807) is 30.3 Å². The molecule has 1 heterocycles. The molecule has 1 aliphatic heterocycles. The first-order chi connectivity index (χ1) is 17.2. The van der Waals surface area contributed by atoms with Crippen molar-refractivity contribution in [3.05, 3.63) is 75.4 Å². The average molecular weight is 606 g/mol. The summed E-state index contributed by atoms with van der Waals surface area (Å²) >= 11 is 1.97. The first-order valence-corrected chi connectivity index (χ1v) is 12.4. The Morgan fingerprint density at radius 1 is 1.06 bits per heavy atom. The van der Waals surface area contributed by atoms with Crippen molar-refractivity contribution in [1.29, 1.82) is 0 Å². The van der Waals surface area contributed by atoms with Crippen LogP contribution >= 0.6 is 22.6 Å². The summed E-state index contributed by atoms with van der Waals surface area (Å²) in [5, 5.41) is 5.63. The number of rotatable bonds is 7. The number of benzene rings is 3. The lowest BCUT2D eigenvalue weighted by Gasteiger charge is -2.28. The van der Waals surface area contributed by atoms with Crippen molar-refractivity contribution < 1.29 is 23.1 Å². The molecule has 0 unspecified atom stereocenters. The van der Waals surface area contributed by atoms with Crippen molar-refractivity contribution in [2.75, 3.05) is 30.8 Å². The van der Waals surface area contributed by atoms with Crippen LogP contribution in [0.5, 0.6) is 11.5 Å². The van der Waals surface area contributed by atoms with Crippen molar-refractivity contribution in [3.63, 3.8) is 0 Å². The number of hydrogen-bond donors (Lipinski definition) is 3. The highest BCUT2D eigenvalue weighted by Gasteiger charge is 2.24. The molecule has 1 saturated heterocycles. The Bertz CT molecular complexity index is 1300. The SMILES string of the molecule is CN1CCC(C(=O)Nc2cccc(Oc3cc(F)cc(Nc4ccc(I)cc4F)c3C(N)=O)c2)CC1. The monoisotopic (exact) mass is 606 g/mol. The summed E-state index contributed by atoms with van der Waals surface area (Å²) in [5.41, 5.74) is 5.96. The molecule has 188 valence electrons. The van der Waals surface area contributed by atoms with Gasteiger partial charge in [-0.15, -0.1) is 0 Å². The summed E-state index contributed by atoms with van der Waals surface area (Å²) < 4.78 is 35.4. The van der Waals surface area contributed by atoms with E-state index in [9.17, 15) is 18.4 Å². The van der Waals surface area contributed by atoms with Gasteiger partial charge >= 0.3 is 0 Å². The molecule has 1 aliphatic rings. The van der Waals surface area contributed by atoms with Gasteiger partial charge in [0, 0.05) is 27.3 Å². The zero-order valence-corrected chi connectivity index (χ0v) is 21.6. The smallest absolute Gasteiger partial charge is 0.254 e. The number of nitrogens with one attached hydrogen (secondary N) is 2. The predicted octanol–water partition coefficient (Wildman–Crippen LogP) is 5.48. The maximum Gasteiger partial charge on any atom is 0.254 e. The van der Waals surface area contributed by atoms with Gasteiger partial charge in [0.2, 0.25) is 5.91 Å². The molecule has 4 rings (SSSR count). The van der Waals surface area contributed by atoms with Crippen LogP contribution in [0, 0.1) is 21.1 Å². The van der Waals surface area contributed by atoms with Crippen molar-refractivity contribution in [3.8, 4) is 11.5 Å². The fourth-order valence-corrected chi connectivity index (χ4v) is 4.48. The standard InChI is InChI=1S/C26H25F2IN4O3/c1-33-9-7-15(8-10-33)26(35)31-18-3-2-4-19(14-18)36-23-12-16(27)11-22(24(23)25(30)34)32-21-6-5-17(29)13-20(21)28/h2-6,11-15,32H,7-10H2,1H3,(H2,30,34)(H,31,35). The molecule has 4 N–H and O–H groups in total. The number of amides is 2. The number of ether oxygens (including phenoxy) is 1. The van der Waals surface area contributed by atoms with E-state index >= 15 is 0 Å². The third kappa shape index (κ3) is 6.30. The lowest BCUT2D eigenvalue weighted by Crippen LogP contribution is -2.35. The zero-order chi connectivity index (χ0) is 25.8. The van der Waals surface area contributed by atoms with Gasteiger partial charge in [-0.1, -0.05) is 6.07 Å². The van der Waals surface area contributed by atoms with Gasteiger partial charge in [-0.2, -0.15) is 0 Å². The third-order valence-corrected chi connectivity index (χ3v) is 6.60. The van der Waals surface area contributed by atoms with Crippen molar-refractivity contribution >= 4 is 51.5 Å². The Kier molecular flexibility index (Phi) is 8.04. The van der Waals surface area contributed by atoms with Gasteiger partial charge in [-0.25, -0.2) is 8.78 Å². The molecule has 0 aromatic heterocycles. The number of piperidine rings is 1. The van der Waals surface area contributed by atoms with Gasteiger partial charge in [-0.3, -0.25) is 9.59 Å². The quantitative estimate of drug-likeness (QED) is 0.310. The molecule has 3 aromatic rings. The fourth-order valence-electron chi connectivity index (χ4n) is 4.03. The molecule has 7 nitrogen and oxygen atoms in total. The Morgan fingerprint density at radius 3 is 2.50 bits per heavy atom. The number of likely N-dealkylation sites (tertiary alicyclic amines) is 1. The van der Waals surface area contributed by atoms with Crippen LogP contribution in [0.25, 0.3) is 0 Å². The first-order valence-electron chi connectivity index (χ1n) is 11.3. The highest BCUT2D eigenvalue weighted by Crippen LogP contribution is 2.35. The van der Waals surface area contributed by atoms with Crippen LogP contribution in [-0.2, 0) is 4.79 Å². The number of carbonyl (C=O) groups excluding carboxylic acids is 2. The number of primary amides is 1. The van der Waals surface area contributed by atoms with Crippen LogP contribution in [0.15, 0.2) is 54.6 Å². The van der Waals surface area contributed by atoms with Crippen molar-refractivity contribution in [2.45, 2.75) is 12.8 Å². The highest BCUT2D eigenvalue weighted by molar-refractivity contribution is 14.1. The third-order valence-electron chi connectivity index (χ3n) is 5.93. The number of hydrogen-bond acceptors (Lipinski definition) is 5. The van der Waals surface area contributed by atoms with Crippen molar-refractivity contribution in [2.24, 2.45) is 11.7 Å². The van der Waals surface area contributed by atoms with E-state index in [1.807, 2.05) is 29.6 Å². The second-order valence-corrected chi connectivity index (χ2v) is 9.88. The second-order valence-electron chi connectivity index (χ2n) is 8.64. The van der Waals surface area contributed by atoms with Crippen LogP contribution in [-0.4, -0.2) is 36.9 Å². The normalized spacial score (nSPS) is 14.3. The van der Waals surface area contributed by atoms with Gasteiger partial charge in [0.1, 0.15) is 28.7 Å². The molecule has 0 radical (unpaired) electrons. The van der Waals surface area contributed by atoms with E-state index in [1.165, 1.54) is 12.1 Å². The highest BCUT2D eigenvalue weighted by atomic mass is 127. The van der Waals surface area contributed by atoms with Crippen molar-refractivity contribution in [1.82, 2.24) is 4.90 Å². The molecule has 2 amide bonds. The van der Waals surface area contributed by atoms with Gasteiger partial charge < -0.3 is 26.0 Å². The van der Waals surface area contributed by atoms with Crippen LogP contribution < -0.4 is 21.1 Å². The second kappa shape index (κ2) is 11.2. The molecule has 10 heteroatoms. The Balaban J connectivity index is 1.57. The molecule has 0 aliphatic carbocycles. The minimum Gasteiger partial charge on any atom is -0.456 e. The molecule has 0 saturated carbocycles. The van der Waals surface area contributed by atoms with E-state index in [2.05, 4.69) is 15.5 Å². The van der Waals surface area contributed by atoms with Crippen LogP contribution in [0.4, 0.5) is 25.8 Å². The maximum absolute atomic E-state index is 14.5. The van der Waals surface area contributed by atoms with Crippen LogP contribution in [0.2, 0.25) is 0 Å². The molecule has 0 spiro atoms. The minimum absolute atomic E-state index is 0.0377. The van der Waals surface area contributed by atoms with Gasteiger partial charge in [0.25, 0.3) is 5.91 Å². The molecule has 1 fully saturated rings. The Morgan fingerprint density at radius 2 is 1.81 bits per heavy atom. The number of halogens is 3. The van der Waals surface area contributed by atoms with E-state index in [0.717, 1.165) is 38.1 Å². The summed E-state index contributed by atoms with van der Waals surface area (Å²) in [7, 11) is 2.03. The molecule has 0 atom stereocenters. The summed E-state index contributed by atoms with van der Waals surface area (Å²) in [6.45, 7) is 1.72. The van der Waals surface area contributed by atoms with E-state index < -0.39 is 17.5 Å². The minimum atomic E-state index is -0.884. The summed E-state index contributed by atoms with van der Waals surface area (Å²) in [6.07, 6.45) is 1.56. The Labute approximate surface area is 221 Å². The molecular weight excluding hydrogens is 581 g/mol. The number of anilines is 3. The van der Waals surface area contributed by atoms with E-state index in [-0.39, 0.29) is 40.3 Å². The fraction of sp³-hybridized carbons (Fsp3) is 0.231. The van der Waals surface area contributed by atoms with Crippen LogP contribution in [0.1, 0.15) is 23.2 Å². The molecule has 0 bridgehead atoms. The summed E-state index contributed by atoms with van der Waals surface area (Å²) in [5.74, 6) is -2.21. The average Bonchev–Trinajstić information content (AvgIpc) is 2.81. The van der Waals surface area contributed by atoms with E-state index in [4.69, 9.17) is 10.5 Å².